The van der Waals surface area contributed by atoms with E-state index in [1.807, 2.05) is 60.7 Å². The average Bonchev–Trinajstić information content (AvgIpc) is 1.16. The highest BCUT2D eigenvalue weighted by atomic mass is 16.6. The molecule has 2 aromatic rings. The van der Waals surface area contributed by atoms with Gasteiger partial charge in [-0.3, -0.25) is 9.80 Å². The first-order valence-electron chi connectivity index (χ1n) is 37.2. The summed E-state index contributed by atoms with van der Waals surface area (Å²) in [6.45, 7) is 24.3. The third kappa shape index (κ3) is 22.0. The van der Waals surface area contributed by atoms with E-state index in [1.54, 1.807) is 83.1 Å². The highest BCUT2D eigenvalue weighted by molar-refractivity contribution is 5.85. The Morgan fingerprint density at radius 1 is 0.593 bits per heavy atom. The van der Waals surface area contributed by atoms with Crippen LogP contribution in [0.15, 0.2) is 60.7 Å². The number of aliphatic carboxylic acids is 1. The zero-order valence-electron chi connectivity index (χ0n) is 73.8. The normalized spacial score (nSPS) is 15.9. The Kier molecular flexibility index (Phi) is 11.9. The predicted octanol–water partition coefficient (Wildman–Crippen LogP) is 11.8. The molecule has 0 aliphatic heterocycles. The van der Waals surface area contributed by atoms with Gasteiger partial charge in [0.25, 0.3) is 0 Å². The molecule has 4 atom stereocenters. The van der Waals surface area contributed by atoms with E-state index in [2.05, 4.69) is 0 Å². The number of hydrogen-bond donors (Lipinski definition) is 2. The zero-order chi connectivity index (χ0) is 82.1. The van der Waals surface area contributed by atoms with Crippen LogP contribution in [0.25, 0.3) is 0 Å². The van der Waals surface area contributed by atoms with Crippen molar-refractivity contribution < 1.29 is 116 Å². The van der Waals surface area contributed by atoms with E-state index in [1.165, 1.54) is 32.8 Å². The Morgan fingerprint density at radius 2 is 0.932 bits per heavy atom. The summed E-state index contributed by atoms with van der Waals surface area (Å²) in [7, 11) is 2.92. The average molecular weight is 906 g/mol. The standard InChI is InChI=1S/C22H33NO6.C12H23NO4.C10H12O3.18H2/c1-15(18(24)27-14-16-12-10-9-11-13-16)28-19(25)17(21(2,3)4)23(8)20(26)29-22(5,6)7;1-11(2,3)8(9(14)15)13(7)10(16)17-12(4,5)6;1-8(11)10(12)13-7-9-5-3-2-4-6-9;;;;;;;;;;;;;;;;;;/h9-13,15,17H,14H2,1-8H3;8H,1-7H3,(H,14,15);2-6,8,11H,7H2,1H3;18*1H/t15-,17-;2*8-;;;;;;;;;;;;;;;;;;/m110................../s1/i;;;18*1+1D. The van der Waals surface area contributed by atoms with E-state index in [0.717, 1.165) is 16.0 Å². The molecule has 0 heterocycles. The van der Waals surface area contributed by atoms with Crippen LogP contribution in [0.2, 0.25) is 0 Å². The molecular formula is C44H104N2O13. The molecule has 0 unspecified atom stereocenters. The molecule has 2 aromatic carbocycles. The van der Waals surface area contributed by atoms with Gasteiger partial charge in [-0.25, -0.2) is 28.8 Å². The van der Waals surface area contributed by atoms with Crippen molar-refractivity contribution in [2.24, 2.45) is 10.8 Å². The lowest BCUT2D eigenvalue weighted by atomic mass is 9.86. The number of carbonyl (C=O) groups excluding carboxylic acids is 5. The molecule has 2 amide bonds. The van der Waals surface area contributed by atoms with Gasteiger partial charge in [0.05, 0.1) is 0 Å². The van der Waals surface area contributed by atoms with Crippen LogP contribution in [-0.4, -0.2) is 106 Å². The zero-order valence-corrected chi connectivity index (χ0v) is 37.8. The topological polar surface area (TPSA) is 196 Å². The number of carbonyl (C=O) groups is 6. The molecule has 0 saturated heterocycles. The third-order valence-electron chi connectivity index (χ3n) is 7.65. The summed E-state index contributed by atoms with van der Waals surface area (Å²) in [5, 5.41) is 18.0. The van der Waals surface area contributed by atoms with E-state index >= 15 is 0 Å². The van der Waals surface area contributed by atoms with Gasteiger partial charge in [-0.15, -0.1) is 0 Å². The fourth-order valence-electron chi connectivity index (χ4n) is 5.07. The smallest absolute Gasteiger partial charge is 0.410 e. The predicted molar refractivity (Wildman–Crippen MR) is 260 cm³/mol. The second-order valence-corrected chi connectivity index (χ2v) is 18.0. The van der Waals surface area contributed by atoms with Crippen LogP contribution in [0, 0.1) is 10.8 Å². The quantitative estimate of drug-likeness (QED) is 0.160. The van der Waals surface area contributed by atoms with Gasteiger partial charge >= 0.3 is 36.1 Å². The van der Waals surface area contributed by atoms with E-state index in [-0.39, 0.29) is 13.2 Å². The van der Waals surface area contributed by atoms with Crippen molar-refractivity contribution in [3.8, 4) is 0 Å². The van der Waals surface area contributed by atoms with Crippen LogP contribution >= 0.6 is 0 Å². The lowest BCUT2D eigenvalue weighted by Crippen LogP contribution is -2.52. The molecule has 0 aliphatic carbocycles. The Balaban J connectivity index is -0.0000000446. The molecule has 0 bridgehead atoms. The minimum Gasteiger partial charge on any atom is -0.480 e. The lowest BCUT2D eigenvalue weighted by molar-refractivity contribution is -0.172. The maximum absolute atomic E-state index is 12.8. The molecule has 0 saturated carbocycles. The summed E-state index contributed by atoms with van der Waals surface area (Å²) in [5.74, 6) is -2.99. The molecule has 0 aromatic heterocycles. The monoisotopic (exact) mass is 905 g/mol. The van der Waals surface area contributed by atoms with Crippen molar-refractivity contribution >= 4 is 36.1 Å². The van der Waals surface area contributed by atoms with Gasteiger partial charge < -0.3 is 33.9 Å². The number of rotatable bonds is 11. The minimum atomic E-state index is -1.11. The van der Waals surface area contributed by atoms with Gasteiger partial charge in [0.1, 0.15) is 42.6 Å². The van der Waals surface area contributed by atoms with Crippen LogP contribution in [0.1, 0.15) is 162 Å². The molecule has 2 N–H and O–H groups in total. The fraction of sp³-hybridized carbons (Fsp3) is 0.591. The molecule has 0 aliphatic rings. The van der Waals surface area contributed by atoms with Crippen molar-refractivity contribution in [1.29, 1.82) is 0 Å². The molecule has 0 radical (unpaired) electrons. The third-order valence-corrected chi connectivity index (χ3v) is 7.65. The molecule has 0 spiro atoms. The maximum atomic E-state index is 12.8. The summed E-state index contributed by atoms with van der Waals surface area (Å²) in [5.41, 5.74) is -0.792. The van der Waals surface area contributed by atoms with Crippen molar-refractivity contribution in [3.63, 3.8) is 0 Å². The van der Waals surface area contributed by atoms with Crippen LogP contribution in [0.4, 0.5) is 9.59 Å². The number of carboxylic acids is 1. The SMILES string of the molecule is CN(C(=O)OC(C)(C)C)[C@H](C(=O)O)C(C)(C)C.C[C@@H](OC(=O)[C@@H](N(C)C(=O)OC(C)(C)C)C(C)(C)C)C(=O)OCc1ccccc1.C[C@H](O)C(=O)OCc1ccccc1.[2H][2H].[2H][2H].[2H][2H].[2H][2H].[2H][2H].[2H][2H].[2H][2H].[2H][2H].[2H][2H].[2H][2H].[2H][2H].[2H][2H].[2H][2H].[2H][2H].[2H][2H].[2H][2H].[2H][2H].[2H][2H]. The van der Waals surface area contributed by atoms with Gasteiger partial charge in [-0.1, -0.05) is 102 Å². The number of esters is 3. The van der Waals surface area contributed by atoms with Crippen LogP contribution in [0.5, 0.6) is 0 Å². The number of aliphatic hydroxyl groups excluding tert-OH is 1. The highest BCUT2D eigenvalue weighted by Crippen LogP contribution is 2.27. The molecule has 2 rings (SSSR count). The molecule has 368 valence electrons. The Labute approximate surface area is 405 Å². The number of benzene rings is 2. The Hall–Kier alpha value is -5.18. The van der Waals surface area contributed by atoms with E-state index < -0.39 is 82.4 Å². The van der Waals surface area contributed by atoms with Crippen LogP contribution in [0.3, 0.4) is 0 Å². The van der Waals surface area contributed by atoms with Crippen molar-refractivity contribution in [3.05, 3.63) is 71.8 Å². The summed E-state index contributed by atoms with van der Waals surface area (Å²) < 4.78 is 206. The van der Waals surface area contributed by atoms with E-state index in [9.17, 15) is 33.9 Å². The van der Waals surface area contributed by atoms with Gasteiger partial charge in [-0.2, -0.15) is 0 Å². The first kappa shape index (κ1) is 29.9. The first-order chi connectivity index (χ1) is 44.8. The second kappa shape index (κ2) is 23.4. The van der Waals surface area contributed by atoms with Gasteiger partial charge in [-0.05, 0) is 77.3 Å². The first-order valence-corrected chi connectivity index (χ1v) is 19.2. The molecule has 15 nitrogen and oxygen atoms in total. The number of amides is 2. The van der Waals surface area contributed by atoms with E-state index in [0.29, 0.717) is 0 Å². The largest absolute Gasteiger partial charge is 0.480 e. The molecule has 15 heteroatoms. The molecule has 0 fully saturated rings. The summed E-state index contributed by atoms with van der Waals surface area (Å²) in [6, 6.07) is 16.7. The minimum absolute atomic E-state index is 0.0854. The van der Waals surface area contributed by atoms with Crippen molar-refractivity contribution in [1.82, 2.24) is 9.80 Å². The number of carboxylic acid groups (broad SMARTS) is 1. The summed E-state index contributed by atoms with van der Waals surface area (Å²) in [4.78, 5) is 73.6. The van der Waals surface area contributed by atoms with Crippen LogP contribution in [-0.2, 0) is 56.1 Å². The highest BCUT2D eigenvalue weighted by Gasteiger charge is 2.41. The fourth-order valence-corrected chi connectivity index (χ4v) is 5.07. The van der Waals surface area contributed by atoms with Gasteiger partial charge in [0.15, 0.2) is 6.10 Å². The summed E-state index contributed by atoms with van der Waals surface area (Å²) in [6.07, 6.45) is -3.43. The Bertz CT molecular complexity index is 1730. The number of hydrogen-bond acceptors (Lipinski definition) is 12. The van der Waals surface area contributed by atoms with Crippen molar-refractivity contribution in [2.75, 3.05) is 14.1 Å². The van der Waals surface area contributed by atoms with Crippen LogP contribution < -0.4 is 0 Å². The maximum Gasteiger partial charge on any atom is 0.410 e. The number of aliphatic hydroxyl groups is 1. The molecular weight excluding hydrogens is 764 g/mol. The Morgan fingerprint density at radius 3 is 1.24 bits per heavy atom. The summed E-state index contributed by atoms with van der Waals surface area (Å²) >= 11 is 0. The van der Waals surface area contributed by atoms with Gasteiger partial charge in [0.2, 0.25) is 0 Å². The van der Waals surface area contributed by atoms with Gasteiger partial charge in [0, 0.05) is 67.5 Å². The molecule has 59 heavy (non-hydrogen) atoms. The second-order valence-electron chi connectivity index (χ2n) is 18.0. The van der Waals surface area contributed by atoms with Crippen molar-refractivity contribution in [2.45, 2.75) is 146 Å². The number of nitrogens with zero attached hydrogens (tertiary/aromatic N) is 2. The lowest BCUT2D eigenvalue weighted by Gasteiger charge is -2.37. The number of ether oxygens (including phenoxy) is 5. The van der Waals surface area contributed by atoms with E-state index in [4.69, 9.17) is 82.2 Å². The number of likely N-dealkylation sites (N-methyl/N-ethyl adjacent to an activating group) is 2.